The third-order valence-corrected chi connectivity index (χ3v) is 1.94. The Morgan fingerprint density at radius 3 is 2.40 bits per heavy atom. The lowest BCUT2D eigenvalue weighted by molar-refractivity contribution is 0.548. The van der Waals surface area contributed by atoms with E-state index in [0.29, 0.717) is 0 Å². The summed E-state index contributed by atoms with van der Waals surface area (Å²) in [5, 5.41) is 0. The largest absolute Gasteiger partial charge is 0.215 e. The molecule has 10 heavy (non-hydrogen) atoms. The number of pyridine rings is 1. The highest BCUT2D eigenvalue weighted by atomic mass is 79.9. The Bertz CT molecular complexity index is 241. The predicted octanol–water partition coefficient (Wildman–Crippen LogP) is 2.88. The van der Waals surface area contributed by atoms with Gasteiger partial charge in [0.25, 0.3) is 0 Å². The van der Waals surface area contributed by atoms with Gasteiger partial charge in [0.15, 0.2) is 5.82 Å². The van der Waals surface area contributed by atoms with Crippen LogP contribution in [0.15, 0.2) is 15.1 Å². The summed E-state index contributed by atoms with van der Waals surface area (Å²) in [6.07, 6.45) is 0. The summed E-state index contributed by atoms with van der Waals surface area (Å²) >= 11 is 5.55. The molecule has 0 spiro atoms. The van der Waals surface area contributed by atoms with Crippen molar-refractivity contribution in [2.24, 2.45) is 0 Å². The first-order chi connectivity index (χ1) is 4.61. The van der Waals surface area contributed by atoms with Crippen LogP contribution in [0.3, 0.4) is 0 Å². The molecule has 0 amide bonds. The van der Waals surface area contributed by atoms with Crippen molar-refractivity contribution in [1.29, 1.82) is 0 Å². The second-order valence-corrected chi connectivity index (χ2v) is 3.14. The molecule has 54 valence electrons. The van der Waals surface area contributed by atoms with Gasteiger partial charge in [-0.1, -0.05) is 0 Å². The Labute approximate surface area is 72.7 Å². The molecule has 0 saturated heterocycles. The van der Waals surface area contributed by atoms with Gasteiger partial charge in [-0.05, 0) is 31.9 Å². The Morgan fingerprint density at radius 1 is 1.30 bits per heavy atom. The Morgan fingerprint density at radius 2 is 1.90 bits per heavy atom. The monoisotopic (exact) mass is 271 g/mol. The van der Waals surface area contributed by atoms with Crippen LogP contribution in [0.2, 0.25) is 0 Å². The topological polar surface area (TPSA) is 12.9 Å². The van der Waals surface area contributed by atoms with Gasteiger partial charge in [0.2, 0.25) is 5.95 Å². The van der Waals surface area contributed by atoms with Crippen LogP contribution in [0, 0.1) is 11.8 Å². The summed E-state index contributed by atoms with van der Waals surface area (Å²) in [6.45, 7) is 0. The fraction of sp³-hybridized carbons (Fsp3) is 0. The van der Waals surface area contributed by atoms with Crippen LogP contribution in [0.1, 0.15) is 0 Å². The zero-order chi connectivity index (χ0) is 7.72. The van der Waals surface area contributed by atoms with Crippen LogP contribution >= 0.6 is 31.9 Å². The van der Waals surface area contributed by atoms with Crippen LogP contribution < -0.4 is 0 Å². The molecule has 0 saturated carbocycles. The minimum Gasteiger partial charge on any atom is -0.209 e. The lowest BCUT2D eigenvalue weighted by atomic mass is 10.5. The summed E-state index contributed by atoms with van der Waals surface area (Å²) in [5.41, 5.74) is 0. The highest BCUT2D eigenvalue weighted by molar-refractivity contribution is 9.11. The van der Waals surface area contributed by atoms with Gasteiger partial charge >= 0.3 is 0 Å². The van der Waals surface area contributed by atoms with Crippen molar-refractivity contribution in [2.45, 2.75) is 0 Å². The molecule has 1 aromatic rings. The van der Waals surface area contributed by atoms with E-state index in [0.717, 1.165) is 6.07 Å². The molecule has 1 rings (SSSR count). The first kappa shape index (κ1) is 8.07. The zero-order valence-electron chi connectivity index (χ0n) is 4.54. The third-order valence-electron chi connectivity index (χ3n) is 0.842. The summed E-state index contributed by atoms with van der Waals surface area (Å²) in [7, 11) is 0. The molecular weight excluding hydrogens is 272 g/mol. The number of rotatable bonds is 0. The number of halogens is 4. The molecule has 0 N–H and O–H groups in total. The van der Waals surface area contributed by atoms with Gasteiger partial charge in [-0.3, -0.25) is 0 Å². The Kier molecular flexibility index (Phi) is 2.36. The van der Waals surface area contributed by atoms with Gasteiger partial charge in [-0.25, -0.2) is 9.37 Å². The number of hydrogen-bond acceptors (Lipinski definition) is 1. The molecule has 1 heterocycles. The number of hydrogen-bond donors (Lipinski definition) is 0. The van der Waals surface area contributed by atoms with E-state index in [4.69, 9.17) is 0 Å². The lowest BCUT2D eigenvalue weighted by Crippen LogP contribution is -1.88. The molecule has 0 aliphatic rings. The van der Waals surface area contributed by atoms with Gasteiger partial charge < -0.3 is 0 Å². The molecule has 0 bridgehead atoms. The summed E-state index contributed by atoms with van der Waals surface area (Å²) in [5.74, 6) is -1.32. The van der Waals surface area contributed by atoms with E-state index in [1.54, 1.807) is 0 Å². The van der Waals surface area contributed by atoms with Gasteiger partial charge in [-0.2, -0.15) is 4.39 Å². The van der Waals surface area contributed by atoms with Crippen molar-refractivity contribution in [3.05, 3.63) is 26.9 Å². The second-order valence-electron chi connectivity index (χ2n) is 1.53. The maximum absolute atomic E-state index is 12.6. The van der Waals surface area contributed by atoms with Crippen molar-refractivity contribution in [2.75, 3.05) is 0 Å². The summed E-state index contributed by atoms with van der Waals surface area (Å²) < 4.78 is 24.8. The molecular formula is C5HBr2F2N. The van der Waals surface area contributed by atoms with E-state index in [2.05, 4.69) is 36.8 Å². The van der Waals surface area contributed by atoms with Crippen LogP contribution in [0.4, 0.5) is 8.78 Å². The van der Waals surface area contributed by atoms with Gasteiger partial charge in [-0.15, -0.1) is 0 Å². The second kappa shape index (κ2) is 2.92. The highest BCUT2D eigenvalue weighted by Gasteiger charge is 2.06. The van der Waals surface area contributed by atoms with Gasteiger partial charge in [0, 0.05) is 6.07 Å². The van der Waals surface area contributed by atoms with E-state index in [9.17, 15) is 8.78 Å². The van der Waals surface area contributed by atoms with Gasteiger partial charge in [0.1, 0.15) is 4.60 Å². The van der Waals surface area contributed by atoms with Crippen molar-refractivity contribution in [3.63, 3.8) is 0 Å². The first-order valence-corrected chi connectivity index (χ1v) is 3.87. The molecule has 5 heteroatoms. The number of aromatic nitrogens is 1. The lowest BCUT2D eigenvalue weighted by Gasteiger charge is -1.95. The van der Waals surface area contributed by atoms with E-state index in [1.165, 1.54) is 0 Å². The average molecular weight is 273 g/mol. The van der Waals surface area contributed by atoms with Crippen molar-refractivity contribution in [1.82, 2.24) is 4.98 Å². The third kappa shape index (κ3) is 1.52. The fourth-order valence-corrected chi connectivity index (χ4v) is 1.47. The van der Waals surface area contributed by atoms with Crippen molar-refractivity contribution >= 4 is 31.9 Å². The summed E-state index contributed by atoms with van der Waals surface area (Å²) in [6, 6.07) is 0.958. The summed E-state index contributed by atoms with van der Waals surface area (Å²) in [4.78, 5) is 3.18. The first-order valence-electron chi connectivity index (χ1n) is 2.28. The molecule has 0 fully saturated rings. The molecule has 1 nitrogen and oxygen atoms in total. The maximum atomic E-state index is 12.6. The molecule has 0 unspecified atom stereocenters. The molecule has 0 aliphatic carbocycles. The van der Waals surface area contributed by atoms with Crippen LogP contribution in [0.5, 0.6) is 0 Å². The van der Waals surface area contributed by atoms with Crippen LogP contribution in [-0.4, -0.2) is 4.98 Å². The van der Waals surface area contributed by atoms with Crippen molar-refractivity contribution < 1.29 is 8.78 Å². The quantitative estimate of drug-likeness (QED) is 0.662. The smallest absolute Gasteiger partial charge is 0.209 e. The molecule has 0 aliphatic heterocycles. The van der Waals surface area contributed by atoms with Gasteiger partial charge in [0.05, 0.1) is 4.47 Å². The van der Waals surface area contributed by atoms with Crippen LogP contribution in [0.25, 0.3) is 0 Å². The molecule has 0 radical (unpaired) electrons. The number of nitrogens with zero attached hydrogens (tertiary/aromatic N) is 1. The molecule has 0 atom stereocenters. The average Bonchev–Trinajstić information content (AvgIpc) is 1.82. The molecule has 1 aromatic heterocycles. The minimum atomic E-state index is -0.722. The highest BCUT2D eigenvalue weighted by Crippen LogP contribution is 2.21. The van der Waals surface area contributed by atoms with Crippen molar-refractivity contribution in [3.8, 4) is 0 Å². The SMILES string of the molecule is Fc1cc(Br)c(F)c(Br)n1. The normalized spacial score (nSPS) is 10.0. The van der Waals surface area contributed by atoms with E-state index < -0.39 is 11.8 Å². The Hall–Kier alpha value is -0.0300. The van der Waals surface area contributed by atoms with E-state index >= 15 is 0 Å². The maximum Gasteiger partial charge on any atom is 0.215 e. The fourth-order valence-electron chi connectivity index (χ4n) is 0.442. The standard InChI is InChI=1S/C5HBr2F2N/c6-2-1-3(8)10-5(7)4(2)9/h1H. The minimum absolute atomic E-state index is 0.0619. The van der Waals surface area contributed by atoms with Crippen LogP contribution in [-0.2, 0) is 0 Å². The van der Waals surface area contributed by atoms with E-state index in [1.807, 2.05) is 0 Å². The Balaban J connectivity index is 3.31. The van der Waals surface area contributed by atoms with E-state index in [-0.39, 0.29) is 9.08 Å². The zero-order valence-corrected chi connectivity index (χ0v) is 7.71. The predicted molar refractivity (Wildman–Crippen MR) is 39.6 cm³/mol. The molecule has 0 aromatic carbocycles.